The maximum atomic E-state index is 13.3. The molecule has 1 aromatic carbocycles. The van der Waals surface area contributed by atoms with Crippen molar-refractivity contribution >= 4 is 0 Å². The molecule has 1 saturated carbocycles. The molecular formula is C20H21FN2O2. The molecule has 0 amide bonds. The molecule has 4 nitrogen and oxygen atoms in total. The molecule has 4 rings (SSSR count). The Hall–Kier alpha value is -2.40. The van der Waals surface area contributed by atoms with E-state index in [4.69, 9.17) is 8.83 Å². The molecule has 25 heavy (non-hydrogen) atoms. The Morgan fingerprint density at radius 3 is 2.84 bits per heavy atom. The van der Waals surface area contributed by atoms with Gasteiger partial charge in [0.2, 0.25) is 5.89 Å². The fourth-order valence-corrected chi connectivity index (χ4v) is 3.13. The zero-order chi connectivity index (χ0) is 17.4. The number of halogens is 1. The zero-order valence-electron chi connectivity index (χ0n) is 14.4. The molecule has 0 saturated heterocycles. The lowest BCUT2D eigenvalue weighted by atomic mass is 10.2. The Kier molecular flexibility index (Phi) is 4.17. The number of nitrogens with zero attached hydrogens (tertiary/aromatic N) is 2. The summed E-state index contributed by atoms with van der Waals surface area (Å²) in [6.45, 7) is 3.59. The summed E-state index contributed by atoms with van der Waals surface area (Å²) < 4.78 is 24.7. The summed E-state index contributed by atoms with van der Waals surface area (Å²) in [4.78, 5) is 6.57. The quantitative estimate of drug-likeness (QED) is 0.644. The van der Waals surface area contributed by atoms with E-state index >= 15 is 0 Å². The van der Waals surface area contributed by atoms with E-state index in [9.17, 15) is 4.39 Å². The molecule has 1 fully saturated rings. The second kappa shape index (κ2) is 6.48. The Morgan fingerprint density at radius 2 is 2.08 bits per heavy atom. The second-order valence-electron chi connectivity index (χ2n) is 6.95. The normalized spacial score (nSPS) is 19.5. The van der Waals surface area contributed by atoms with Crippen LogP contribution in [0.25, 0.3) is 11.5 Å². The first-order chi connectivity index (χ1) is 12.1. The smallest absolute Gasteiger partial charge is 0.226 e. The third kappa shape index (κ3) is 3.66. The van der Waals surface area contributed by atoms with Gasteiger partial charge in [0.1, 0.15) is 23.6 Å². The SMILES string of the molecule is C[C@H]1C[C@@H]1c1ccc(CN(C)Cc2coc(-c3cccc(F)c3)n2)o1. The topological polar surface area (TPSA) is 42.4 Å². The average Bonchev–Trinajstić information content (AvgIpc) is 2.99. The Balaban J connectivity index is 1.38. The highest BCUT2D eigenvalue weighted by atomic mass is 19.1. The van der Waals surface area contributed by atoms with E-state index in [-0.39, 0.29) is 5.82 Å². The summed E-state index contributed by atoms with van der Waals surface area (Å²) in [5.74, 6) is 3.55. The summed E-state index contributed by atoms with van der Waals surface area (Å²) >= 11 is 0. The standard InChI is InChI=1S/C20H21FN2O2/c1-13-8-18(13)19-7-6-17(25-19)11-23(2)10-16-12-24-20(22-16)14-4-3-5-15(21)9-14/h3-7,9,12-13,18H,8,10-11H2,1-2H3/t13-,18-/m0/s1. The van der Waals surface area contributed by atoms with Crippen molar-refractivity contribution in [2.75, 3.05) is 7.05 Å². The highest BCUT2D eigenvalue weighted by Crippen LogP contribution is 2.47. The van der Waals surface area contributed by atoms with Crippen molar-refractivity contribution in [3.63, 3.8) is 0 Å². The van der Waals surface area contributed by atoms with E-state index in [2.05, 4.69) is 28.9 Å². The van der Waals surface area contributed by atoms with Gasteiger partial charge in [-0.1, -0.05) is 13.0 Å². The van der Waals surface area contributed by atoms with Gasteiger partial charge in [-0.2, -0.15) is 0 Å². The van der Waals surface area contributed by atoms with E-state index < -0.39 is 0 Å². The highest BCUT2D eigenvalue weighted by Gasteiger charge is 2.36. The van der Waals surface area contributed by atoms with Crippen molar-refractivity contribution in [1.82, 2.24) is 9.88 Å². The van der Waals surface area contributed by atoms with Crippen molar-refractivity contribution in [3.05, 3.63) is 65.7 Å². The van der Waals surface area contributed by atoms with Crippen molar-refractivity contribution in [2.45, 2.75) is 32.4 Å². The van der Waals surface area contributed by atoms with E-state index in [1.165, 1.54) is 18.6 Å². The van der Waals surface area contributed by atoms with Crippen LogP contribution in [-0.4, -0.2) is 16.9 Å². The third-order valence-electron chi connectivity index (χ3n) is 4.64. The third-order valence-corrected chi connectivity index (χ3v) is 4.64. The predicted molar refractivity (Wildman–Crippen MR) is 92.3 cm³/mol. The van der Waals surface area contributed by atoms with Crippen molar-refractivity contribution < 1.29 is 13.2 Å². The van der Waals surface area contributed by atoms with Crippen molar-refractivity contribution in [3.8, 4) is 11.5 Å². The van der Waals surface area contributed by atoms with Crippen LogP contribution < -0.4 is 0 Å². The fraction of sp³-hybridized carbons (Fsp3) is 0.350. The molecule has 3 aromatic rings. The molecule has 0 bridgehead atoms. The van der Waals surface area contributed by atoms with E-state index in [0.717, 1.165) is 23.1 Å². The van der Waals surface area contributed by atoms with Crippen LogP contribution in [0.4, 0.5) is 4.39 Å². The second-order valence-corrected chi connectivity index (χ2v) is 6.95. The van der Waals surface area contributed by atoms with Crippen LogP contribution in [0.3, 0.4) is 0 Å². The molecule has 130 valence electrons. The number of rotatable bonds is 6. The molecular weight excluding hydrogens is 319 g/mol. The van der Waals surface area contributed by atoms with Crippen LogP contribution in [0.2, 0.25) is 0 Å². The molecule has 1 aliphatic carbocycles. The van der Waals surface area contributed by atoms with Crippen LogP contribution in [0.15, 0.2) is 51.5 Å². The molecule has 0 spiro atoms. The summed E-state index contributed by atoms with van der Waals surface area (Å²) in [6.07, 6.45) is 2.85. The maximum Gasteiger partial charge on any atom is 0.226 e. The van der Waals surface area contributed by atoms with Crippen LogP contribution >= 0.6 is 0 Å². The van der Waals surface area contributed by atoms with E-state index in [1.54, 1.807) is 18.4 Å². The van der Waals surface area contributed by atoms with Crippen LogP contribution in [0, 0.1) is 11.7 Å². The van der Waals surface area contributed by atoms with Gasteiger partial charge in [0, 0.05) is 18.0 Å². The molecule has 1 aliphatic rings. The Bertz CT molecular complexity index is 870. The molecule has 2 heterocycles. The van der Waals surface area contributed by atoms with Gasteiger partial charge in [-0.25, -0.2) is 9.37 Å². The lowest BCUT2D eigenvalue weighted by molar-refractivity contribution is 0.280. The molecule has 2 atom stereocenters. The van der Waals surface area contributed by atoms with Gasteiger partial charge in [-0.05, 0) is 49.7 Å². The number of furan rings is 1. The molecule has 0 unspecified atom stereocenters. The van der Waals surface area contributed by atoms with E-state index in [0.29, 0.717) is 30.5 Å². The number of oxazole rings is 1. The monoisotopic (exact) mass is 340 g/mol. The molecule has 2 aromatic heterocycles. The van der Waals surface area contributed by atoms with Crippen molar-refractivity contribution in [2.24, 2.45) is 5.92 Å². The van der Waals surface area contributed by atoms with Gasteiger partial charge >= 0.3 is 0 Å². The zero-order valence-corrected chi connectivity index (χ0v) is 14.4. The van der Waals surface area contributed by atoms with Crippen LogP contribution in [-0.2, 0) is 13.1 Å². The molecule has 0 N–H and O–H groups in total. The molecule has 0 aliphatic heterocycles. The van der Waals surface area contributed by atoms with Gasteiger partial charge in [0.15, 0.2) is 0 Å². The van der Waals surface area contributed by atoms with Crippen molar-refractivity contribution in [1.29, 1.82) is 0 Å². The number of hydrogen-bond donors (Lipinski definition) is 0. The first-order valence-electron chi connectivity index (χ1n) is 8.56. The lowest BCUT2D eigenvalue weighted by Crippen LogP contribution is -2.17. The Labute approximate surface area is 146 Å². The predicted octanol–water partition coefficient (Wildman–Crippen LogP) is 4.83. The summed E-state index contributed by atoms with van der Waals surface area (Å²) in [5.41, 5.74) is 1.45. The first-order valence-corrected chi connectivity index (χ1v) is 8.56. The average molecular weight is 340 g/mol. The van der Waals surface area contributed by atoms with Gasteiger partial charge in [0.25, 0.3) is 0 Å². The maximum absolute atomic E-state index is 13.3. The minimum absolute atomic E-state index is 0.298. The minimum atomic E-state index is -0.298. The number of benzene rings is 1. The van der Waals surface area contributed by atoms with Crippen LogP contribution in [0.1, 0.15) is 36.5 Å². The number of aromatic nitrogens is 1. The summed E-state index contributed by atoms with van der Waals surface area (Å²) in [7, 11) is 2.01. The summed E-state index contributed by atoms with van der Waals surface area (Å²) in [5, 5.41) is 0. The van der Waals surface area contributed by atoms with Gasteiger partial charge < -0.3 is 8.83 Å². The van der Waals surface area contributed by atoms with Gasteiger partial charge in [-0.15, -0.1) is 0 Å². The minimum Gasteiger partial charge on any atom is -0.464 e. The lowest BCUT2D eigenvalue weighted by Gasteiger charge is -2.12. The summed E-state index contributed by atoms with van der Waals surface area (Å²) in [6, 6.07) is 10.4. The van der Waals surface area contributed by atoms with Gasteiger partial charge in [0.05, 0.1) is 12.2 Å². The largest absolute Gasteiger partial charge is 0.464 e. The van der Waals surface area contributed by atoms with Gasteiger partial charge in [-0.3, -0.25) is 4.90 Å². The Morgan fingerprint density at radius 1 is 1.24 bits per heavy atom. The first kappa shape index (κ1) is 16.1. The van der Waals surface area contributed by atoms with E-state index in [1.807, 2.05) is 7.05 Å². The van der Waals surface area contributed by atoms with Crippen LogP contribution in [0.5, 0.6) is 0 Å². The number of hydrogen-bond acceptors (Lipinski definition) is 4. The molecule has 5 heteroatoms. The highest BCUT2D eigenvalue weighted by molar-refractivity contribution is 5.52. The fourth-order valence-electron chi connectivity index (χ4n) is 3.13. The molecule has 0 radical (unpaired) electrons.